The van der Waals surface area contributed by atoms with Gasteiger partial charge in [0.05, 0.1) is 5.92 Å². The molecule has 3 heteroatoms. The van der Waals surface area contributed by atoms with Gasteiger partial charge < -0.3 is 10.4 Å². The van der Waals surface area contributed by atoms with Crippen molar-refractivity contribution in [2.75, 3.05) is 13.1 Å². The van der Waals surface area contributed by atoms with Crippen molar-refractivity contribution in [2.24, 2.45) is 11.8 Å². The van der Waals surface area contributed by atoms with Crippen LogP contribution in [0.1, 0.15) is 33.6 Å². The zero-order valence-corrected chi connectivity index (χ0v) is 8.84. The Morgan fingerprint density at radius 1 is 1.46 bits per heavy atom. The molecule has 0 atom stereocenters. The molecule has 1 aliphatic rings. The van der Waals surface area contributed by atoms with Gasteiger partial charge in [-0.2, -0.15) is 0 Å². The number of hydrogen-bond acceptors (Lipinski definition) is 2. The Morgan fingerprint density at radius 2 is 1.92 bits per heavy atom. The van der Waals surface area contributed by atoms with Crippen molar-refractivity contribution in [1.82, 2.24) is 5.32 Å². The Morgan fingerprint density at radius 3 is 1.92 bits per heavy atom. The standard InChI is InChI=1S/C6H14.C4H7NO2/c1-4-6(3)5-2;6-4(7)3-1-5-2-3/h6H,4-5H2,1-3H3;3,5H,1-2H2,(H,6,7). The summed E-state index contributed by atoms with van der Waals surface area (Å²) in [6, 6.07) is 0. The fourth-order valence-electron chi connectivity index (χ4n) is 0.752. The highest BCUT2D eigenvalue weighted by Crippen LogP contribution is 2.02. The second-order valence-corrected chi connectivity index (χ2v) is 3.62. The van der Waals surface area contributed by atoms with Crippen molar-refractivity contribution in [3.8, 4) is 0 Å². The van der Waals surface area contributed by atoms with E-state index in [2.05, 4.69) is 26.1 Å². The lowest BCUT2D eigenvalue weighted by molar-refractivity contribution is -0.143. The molecule has 2 N–H and O–H groups in total. The molecule has 0 saturated carbocycles. The van der Waals surface area contributed by atoms with Crippen LogP contribution in [-0.4, -0.2) is 24.2 Å². The third kappa shape index (κ3) is 5.64. The first-order valence-corrected chi connectivity index (χ1v) is 5.05. The largest absolute Gasteiger partial charge is 0.481 e. The van der Waals surface area contributed by atoms with Gasteiger partial charge in [0.15, 0.2) is 0 Å². The van der Waals surface area contributed by atoms with Gasteiger partial charge in [0, 0.05) is 13.1 Å². The molecule has 78 valence electrons. The zero-order valence-electron chi connectivity index (χ0n) is 8.84. The molecule has 0 amide bonds. The highest BCUT2D eigenvalue weighted by Gasteiger charge is 2.23. The smallest absolute Gasteiger partial charge is 0.309 e. The van der Waals surface area contributed by atoms with Crippen molar-refractivity contribution in [2.45, 2.75) is 33.6 Å². The van der Waals surface area contributed by atoms with Gasteiger partial charge in [0.2, 0.25) is 0 Å². The van der Waals surface area contributed by atoms with E-state index in [9.17, 15) is 4.79 Å². The van der Waals surface area contributed by atoms with Crippen LogP contribution >= 0.6 is 0 Å². The van der Waals surface area contributed by atoms with Gasteiger partial charge in [0.25, 0.3) is 0 Å². The molecule has 1 rings (SSSR count). The molecule has 0 aromatic carbocycles. The van der Waals surface area contributed by atoms with Gasteiger partial charge in [-0.3, -0.25) is 4.79 Å². The Labute approximate surface area is 80.5 Å². The maximum absolute atomic E-state index is 9.94. The summed E-state index contributed by atoms with van der Waals surface area (Å²) < 4.78 is 0. The van der Waals surface area contributed by atoms with Crippen LogP contribution in [0.5, 0.6) is 0 Å². The molecule has 0 aromatic heterocycles. The third-order valence-electron chi connectivity index (χ3n) is 2.52. The first-order chi connectivity index (χ1) is 6.11. The summed E-state index contributed by atoms with van der Waals surface area (Å²) >= 11 is 0. The van der Waals surface area contributed by atoms with Crippen LogP contribution in [0.2, 0.25) is 0 Å². The number of aliphatic carboxylic acids is 1. The molecule has 1 heterocycles. The molecule has 13 heavy (non-hydrogen) atoms. The van der Waals surface area contributed by atoms with Crippen molar-refractivity contribution in [1.29, 1.82) is 0 Å². The van der Waals surface area contributed by atoms with Gasteiger partial charge in [-0.1, -0.05) is 33.6 Å². The Kier molecular flexibility index (Phi) is 6.59. The minimum Gasteiger partial charge on any atom is -0.481 e. The van der Waals surface area contributed by atoms with Gasteiger partial charge >= 0.3 is 5.97 Å². The van der Waals surface area contributed by atoms with Gasteiger partial charge in [-0.05, 0) is 5.92 Å². The van der Waals surface area contributed by atoms with E-state index in [1.807, 2.05) is 0 Å². The average Bonchev–Trinajstić information content (AvgIpc) is 2.00. The molecule has 1 aliphatic heterocycles. The lowest BCUT2D eigenvalue weighted by Crippen LogP contribution is -2.46. The number of nitrogens with one attached hydrogen (secondary N) is 1. The fourth-order valence-corrected chi connectivity index (χ4v) is 0.752. The summed E-state index contributed by atoms with van der Waals surface area (Å²) in [5.74, 6) is 0.142. The summed E-state index contributed by atoms with van der Waals surface area (Å²) in [6.45, 7) is 8.03. The van der Waals surface area contributed by atoms with Crippen molar-refractivity contribution in [3.63, 3.8) is 0 Å². The highest BCUT2D eigenvalue weighted by atomic mass is 16.4. The summed E-state index contributed by atoms with van der Waals surface area (Å²) in [7, 11) is 0. The second-order valence-electron chi connectivity index (χ2n) is 3.62. The fraction of sp³-hybridized carbons (Fsp3) is 0.900. The molecule has 0 spiro atoms. The second kappa shape index (κ2) is 6.89. The SMILES string of the molecule is CCC(C)CC.O=C(O)C1CNC1. The molecule has 0 radical (unpaired) electrons. The van der Waals surface area contributed by atoms with E-state index in [1.54, 1.807) is 0 Å². The van der Waals surface area contributed by atoms with Gasteiger partial charge in [-0.15, -0.1) is 0 Å². The van der Waals surface area contributed by atoms with E-state index >= 15 is 0 Å². The lowest BCUT2D eigenvalue weighted by atomic mass is 10.1. The van der Waals surface area contributed by atoms with Gasteiger partial charge in [-0.25, -0.2) is 0 Å². The first kappa shape index (κ1) is 12.4. The maximum Gasteiger partial charge on any atom is 0.309 e. The molecule has 0 aliphatic carbocycles. The molecule has 1 fully saturated rings. The lowest BCUT2D eigenvalue weighted by Gasteiger charge is -2.21. The zero-order chi connectivity index (χ0) is 10.3. The average molecular weight is 187 g/mol. The molecule has 0 bridgehead atoms. The monoisotopic (exact) mass is 187 g/mol. The Balaban J connectivity index is 0.000000226. The molecule has 0 aromatic rings. The van der Waals surface area contributed by atoms with Crippen LogP contribution < -0.4 is 5.32 Å². The minimum atomic E-state index is -0.682. The summed E-state index contributed by atoms with van der Waals surface area (Å²) in [5.41, 5.74) is 0. The minimum absolute atomic E-state index is 0.111. The molecule has 3 nitrogen and oxygen atoms in total. The van der Waals surface area contributed by atoms with Crippen LogP contribution in [0.25, 0.3) is 0 Å². The number of hydrogen-bond donors (Lipinski definition) is 2. The van der Waals surface area contributed by atoms with Crippen molar-refractivity contribution < 1.29 is 9.90 Å². The molecular formula is C10H21NO2. The quantitative estimate of drug-likeness (QED) is 0.707. The predicted molar refractivity (Wildman–Crippen MR) is 53.7 cm³/mol. The molecular weight excluding hydrogens is 166 g/mol. The van der Waals surface area contributed by atoms with Crippen molar-refractivity contribution >= 4 is 5.97 Å². The normalized spacial score (nSPS) is 16.0. The first-order valence-electron chi connectivity index (χ1n) is 5.05. The third-order valence-corrected chi connectivity index (χ3v) is 2.52. The van der Waals surface area contributed by atoms with E-state index in [1.165, 1.54) is 12.8 Å². The maximum atomic E-state index is 9.94. The van der Waals surface area contributed by atoms with Crippen LogP contribution in [-0.2, 0) is 4.79 Å². The van der Waals surface area contributed by atoms with E-state index in [0.717, 1.165) is 5.92 Å². The highest BCUT2D eigenvalue weighted by molar-refractivity contribution is 5.71. The Hall–Kier alpha value is -0.570. The number of carboxylic acids is 1. The number of carbonyl (C=O) groups is 1. The van der Waals surface area contributed by atoms with Crippen molar-refractivity contribution in [3.05, 3.63) is 0 Å². The Bertz CT molecular complexity index is 140. The van der Waals surface area contributed by atoms with E-state index in [-0.39, 0.29) is 5.92 Å². The topological polar surface area (TPSA) is 49.3 Å². The predicted octanol–water partition coefficient (Wildman–Crippen LogP) is 1.73. The van der Waals surface area contributed by atoms with E-state index in [4.69, 9.17) is 5.11 Å². The summed E-state index contributed by atoms with van der Waals surface area (Å²) in [5, 5.41) is 11.1. The van der Waals surface area contributed by atoms with Crippen LogP contribution in [0.3, 0.4) is 0 Å². The van der Waals surface area contributed by atoms with E-state index in [0.29, 0.717) is 13.1 Å². The number of rotatable bonds is 3. The summed E-state index contributed by atoms with van der Waals surface area (Å²) in [4.78, 5) is 9.94. The van der Waals surface area contributed by atoms with Crippen LogP contribution in [0.15, 0.2) is 0 Å². The van der Waals surface area contributed by atoms with Gasteiger partial charge in [0.1, 0.15) is 0 Å². The van der Waals surface area contributed by atoms with Crippen LogP contribution in [0.4, 0.5) is 0 Å². The number of carboxylic acid groups (broad SMARTS) is 1. The van der Waals surface area contributed by atoms with Crippen LogP contribution in [0, 0.1) is 11.8 Å². The molecule has 0 unspecified atom stereocenters. The van der Waals surface area contributed by atoms with E-state index < -0.39 is 5.97 Å². The molecule has 1 saturated heterocycles. The summed E-state index contributed by atoms with van der Waals surface area (Å²) in [6.07, 6.45) is 2.66.